The van der Waals surface area contributed by atoms with Gasteiger partial charge in [-0.2, -0.15) is 0 Å². The fraction of sp³-hybridized carbons (Fsp3) is 0. The van der Waals surface area contributed by atoms with E-state index >= 15 is 0 Å². The first-order valence-electron chi connectivity index (χ1n) is 19.9. The molecule has 0 aliphatic rings. The Hall–Kier alpha value is -7.95. The lowest BCUT2D eigenvalue weighted by molar-refractivity contribution is 1.07. The molecule has 2 aromatic heterocycles. The maximum absolute atomic E-state index is 5.31. The molecule has 0 fully saturated rings. The number of para-hydroxylation sites is 2. The van der Waals surface area contributed by atoms with Crippen molar-refractivity contribution in [3.8, 4) is 73.2 Å². The molecule has 0 amide bonds. The highest BCUT2D eigenvalue weighted by Crippen LogP contribution is 2.39. The molecule has 0 bridgehead atoms. The highest BCUT2D eigenvalue weighted by Gasteiger charge is 2.20. The van der Waals surface area contributed by atoms with Gasteiger partial charge in [0.1, 0.15) is 0 Å². The highest BCUT2D eigenvalue weighted by molar-refractivity contribution is 6.10. The number of fused-ring (bicyclic) bond motifs is 4. The number of benzene rings is 9. The molecule has 0 aliphatic carbocycles. The molecule has 59 heavy (non-hydrogen) atoms. The SMILES string of the molecule is c1ccc(-c2ccc3cc(-c4nc(-c5ccc(-c6ccccc6)c(-n6c7ccccc7c7ccccc76)c5)nc(-c5ccccc5-c5ccccc5)n4)ccc3c2)cc1. The Morgan fingerprint density at radius 1 is 0.271 bits per heavy atom. The van der Waals surface area contributed by atoms with Crippen molar-refractivity contribution < 1.29 is 0 Å². The van der Waals surface area contributed by atoms with Gasteiger partial charge in [-0.15, -0.1) is 0 Å². The maximum Gasteiger partial charge on any atom is 0.164 e. The van der Waals surface area contributed by atoms with Gasteiger partial charge >= 0.3 is 0 Å². The van der Waals surface area contributed by atoms with Crippen molar-refractivity contribution in [3.05, 3.63) is 218 Å². The lowest BCUT2D eigenvalue weighted by Crippen LogP contribution is -2.03. The van der Waals surface area contributed by atoms with E-state index in [-0.39, 0.29) is 0 Å². The van der Waals surface area contributed by atoms with E-state index < -0.39 is 0 Å². The average Bonchev–Trinajstić information content (AvgIpc) is 3.66. The standard InChI is InChI=1S/C55H36N4/c1-4-16-37(17-5-1)40-28-29-42-35-43(31-30-41(42)34-40)53-56-54(58-55(57-53)49-25-11-10-22-45(49)38-18-6-2-7-19-38)44-32-33-46(39-20-8-3-9-21-39)52(36-44)59-50-26-14-12-23-47(50)48-24-13-15-27-51(48)59/h1-36H. The van der Waals surface area contributed by atoms with E-state index in [0.29, 0.717) is 17.5 Å². The molecule has 11 aromatic rings. The fourth-order valence-electron chi connectivity index (χ4n) is 8.40. The summed E-state index contributed by atoms with van der Waals surface area (Å²) in [6, 6.07) is 77.0. The Labute approximate surface area is 342 Å². The lowest BCUT2D eigenvalue weighted by Gasteiger charge is -2.17. The zero-order chi connectivity index (χ0) is 39.1. The summed E-state index contributed by atoms with van der Waals surface area (Å²) >= 11 is 0. The van der Waals surface area contributed by atoms with Crippen molar-refractivity contribution in [2.75, 3.05) is 0 Å². The molecule has 0 saturated carbocycles. The van der Waals surface area contributed by atoms with Crippen LogP contribution in [-0.4, -0.2) is 19.5 Å². The number of nitrogens with zero attached hydrogens (tertiary/aromatic N) is 4. The van der Waals surface area contributed by atoms with Gasteiger partial charge in [0.15, 0.2) is 17.5 Å². The monoisotopic (exact) mass is 752 g/mol. The molecule has 0 atom stereocenters. The van der Waals surface area contributed by atoms with Crippen molar-refractivity contribution in [1.29, 1.82) is 0 Å². The molecule has 276 valence electrons. The van der Waals surface area contributed by atoms with Crippen molar-refractivity contribution in [2.24, 2.45) is 0 Å². The number of hydrogen-bond acceptors (Lipinski definition) is 3. The van der Waals surface area contributed by atoms with Gasteiger partial charge in [-0.3, -0.25) is 0 Å². The molecule has 2 heterocycles. The van der Waals surface area contributed by atoms with E-state index in [9.17, 15) is 0 Å². The van der Waals surface area contributed by atoms with Gasteiger partial charge in [-0.25, -0.2) is 15.0 Å². The normalized spacial score (nSPS) is 11.4. The molecule has 0 N–H and O–H groups in total. The topological polar surface area (TPSA) is 43.6 Å². The van der Waals surface area contributed by atoms with Crippen LogP contribution in [0.5, 0.6) is 0 Å². The second-order valence-electron chi connectivity index (χ2n) is 14.8. The molecule has 0 spiro atoms. The average molecular weight is 753 g/mol. The van der Waals surface area contributed by atoms with Crippen LogP contribution in [0.1, 0.15) is 0 Å². The van der Waals surface area contributed by atoms with Crippen LogP contribution in [0.2, 0.25) is 0 Å². The summed E-state index contributed by atoms with van der Waals surface area (Å²) in [6.07, 6.45) is 0. The number of hydrogen-bond donors (Lipinski definition) is 0. The van der Waals surface area contributed by atoms with E-state index in [1.54, 1.807) is 0 Å². The van der Waals surface area contributed by atoms with Crippen LogP contribution in [-0.2, 0) is 0 Å². The van der Waals surface area contributed by atoms with Gasteiger partial charge in [0.05, 0.1) is 16.7 Å². The van der Waals surface area contributed by atoms with Crippen molar-refractivity contribution in [3.63, 3.8) is 0 Å². The van der Waals surface area contributed by atoms with Crippen LogP contribution in [0, 0.1) is 0 Å². The first kappa shape index (κ1) is 34.3. The molecule has 0 unspecified atom stereocenters. The van der Waals surface area contributed by atoms with Crippen LogP contribution in [0.15, 0.2) is 218 Å². The van der Waals surface area contributed by atoms with E-state index in [1.165, 1.54) is 21.9 Å². The summed E-state index contributed by atoms with van der Waals surface area (Å²) in [5, 5.41) is 4.70. The van der Waals surface area contributed by atoms with Crippen molar-refractivity contribution in [2.45, 2.75) is 0 Å². The summed E-state index contributed by atoms with van der Waals surface area (Å²) in [4.78, 5) is 15.9. The van der Waals surface area contributed by atoms with Crippen LogP contribution in [0.4, 0.5) is 0 Å². The smallest absolute Gasteiger partial charge is 0.164 e. The first-order chi connectivity index (χ1) is 29.2. The minimum absolute atomic E-state index is 0.606. The third-order valence-corrected chi connectivity index (χ3v) is 11.3. The van der Waals surface area contributed by atoms with Gasteiger partial charge in [0.25, 0.3) is 0 Å². The van der Waals surface area contributed by atoms with Crippen molar-refractivity contribution in [1.82, 2.24) is 19.5 Å². The quantitative estimate of drug-likeness (QED) is 0.163. The minimum atomic E-state index is 0.606. The zero-order valence-electron chi connectivity index (χ0n) is 32.1. The van der Waals surface area contributed by atoms with Gasteiger partial charge in [-0.05, 0) is 68.9 Å². The van der Waals surface area contributed by atoms with Crippen LogP contribution in [0.25, 0.3) is 106 Å². The van der Waals surface area contributed by atoms with Gasteiger partial charge < -0.3 is 4.57 Å². The fourth-order valence-corrected chi connectivity index (χ4v) is 8.40. The molecule has 0 radical (unpaired) electrons. The highest BCUT2D eigenvalue weighted by atomic mass is 15.0. The van der Waals surface area contributed by atoms with E-state index in [4.69, 9.17) is 15.0 Å². The van der Waals surface area contributed by atoms with Crippen LogP contribution >= 0.6 is 0 Å². The summed E-state index contributed by atoms with van der Waals surface area (Å²) in [5.74, 6) is 1.84. The predicted octanol–water partition coefficient (Wildman–Crippen LogP) is 14.1. The summed E-state index contributed by atoms with van der Waals surface area (Å²) in [6.45, 7) is 0. The Morgan fingerprint density at radius 3 is 1.34 bits per heavy atom. The maximum atomic E-state index is 5.31. The molecule has 4 heteroatoms. The molecule has 0 saturated heterocycles. The molecule has 0 aliphatic heterocycles. The van der Waals surface area contributed by atoms with E-state index in [0.717, 1.165) is 66.4 Å². The Kier molecular flexibility index (Phi) is 8.45. The molecular formula is C55H36N4. The number of rotatable bonds is 7. The predicted molar refractivity (Wildman–Crippen MR) is 244 cm³/mol. The molecule has 9 aromatic carbocycles. The Balaban J connectivity index is 1.14. The van der Waals surface area contributed by atoms with Gasteiger partial charge in [0.2, 0.25) is 0 Å². The largest absolute Gasteiger partial charge is 0.309 e. The number of aromatic nitrogens is 4. The summed E-state index contributed by atoms with van der Waals surface area (Å²) < 4.78 is 2.39. The molecule has 11 rings (SSSR count). The molecular weight excluding hydrogens is 717 g/mol. The van der Waals surface area contributed by atoms with E-state index in [1.807, 2.05) is 6.07 Å². The van der Waals surface area contributed by atoms with Crippen LogP contribution in [0.3, 0.4) is 0 Å². The third-order valence-electron chi connectivity index (χ3n) is 11.3. The van der Waals surface area contributed by atoms with Gasteiger partial charge in [0, 0.05) is 33.0 Å². The lowest BCUT2D eigenvalue weighted by atomic mass is 9.98. The Morgan fingerprint density at radius 2 is 0.712 bits per heavy atom. The first-order valence-corrected chi connectivity index (χ1v) is 19.9. The van der Waals surface area contributed by atoms with Crippen LogP contribution < -0.4 is 0 Å². The second kappa shape index (κ2) is 14.5. The minimum Gasteiger partial charge on any atom is -0.309 e. The van der Waals surface area contributed by atoms with Crippen molar-refractivity contribution >= 4 is 32.6 Å². The summed E-state index contributed by atoms with van der Waals surface area (Å²) in [5.41, 5.74) is 12.9. The van der Waals surface area contributed by atoms with Gasteiger partial charge in [-0.1, -0.05) is 188 Å². The third kappa shape index (κ3) is 6.24. The zero-order valence-corrected chi connectivity index (χ0v) is 32.1. The molecule has 4 nitrogen and oxygen atoms in total. The van der Waals surface area contributed by atoms with E-state index in [2.05, 4.69) is 217 Å². The Bertz CT molecular complexity index is 3260. The second-order valence-corrected chi connectivity index (χ2v) is 14.8. The summed E-state index contributed by atoms with van der Waals surface area (Å²) in [7, 11) is 0.